The fourth-order valence-electron chi connectivity index (χ4n) is 2.95. The maximum atomic E-state index is 5.51. The lowest BCUT2D eigenvalue weighted by Gasteiger charge is -2.19. The molecule has 2 aromatic rings. The number of tetrazole rings is 1. The number of hydrogen-bond acceptors (Lipinski definition) is 6. The zero-order valence-electron chi connectivity index (χ0n) is 12.5. The van der Waals surface area contributed by atoms with Crippen molar-refractivity contribution in [1.82, 2.24) is 20.2 Å². The van der Waals surface area contributed by atoms with Gasteiger partial charge in [-0.1, -0.05) is 11.2 Å². The van der Waals surface area contributed by atoms with Gasteiger partial charge in [0.2, 0.25) is 5.95 Å². The first-order valence-corrected chi connectivity index (χ1v) is 6.92. The molecule has 7 heteroatoms. The number of aromatic nitrogens is 4. The van der Waals surface area contributed by atoms with Gasteiger partial charge in [-0.15, -0.1) is 0 Å². The predicted molar refractivity (Wildman–Crippen MR) is 77.9 cm³/mol. The van der Waals surface area contributed by atoms with Gasteiger partial charge in [0.1, 0.15) is 11.5 Å². The smallest absolute Gasteiger partial charge is 0.245 e. The van der Waals surface area contributed by atoms with Crippen LogP contribution >= 0.6 is 0 Å². The molecule has 1 aromatic heterocycles. The van der Waals surface area contributed by atoms with Crippen molar-refractivity contribution >= 4 is 5.95 Å². The van der Waals surface area contributed by atoms with E-state index in [0.717, 1.165) is 42.5 Å². The largest absolute Gasteiger partial charge is 0.496 e. The Balaban J connectivity index is 1.88. The maximum Gasteiger partial charge on any atom is 0.245 e. The van der Waals surface area contributed by atoms with Gasteiger partial charge in [0.15, 0.2) is 0 Å². The van der Waals surface area contributed by atoms with Crippen molar-refractivity contribution in [2.75, 3.05) is 32.2 Å². The van der Waals surface area contributed by atoms with Crippen LogP contribution in [0.25, 0.3) is 0 Å². The molecule has 1 fully saturated rings. The van der Waals surface area contributed by atoms with Crippen LogP contribution in [0.15, 0.2) is 18.2 Å². The molecule has 0 radical (unpaired) electrons. The number of anilines is 1. The number of methoxy groups -OCH3 is 2. The van der Waals surface area contributed by atoms with Gasteiger partial charge in [-0.05, 0) is 29.0 Å². The van der Waals surface area contributed by atoms with Crippen LogP contribution in [0, 0.1) is 0 Å². The molecule has 1 aliphatic rings. The summed E-state index contributed by atoms with van der Waals surface area (Å²) < 4.78 is 12.7. The minimum Gasteiger partial charge on any atom is -0.496 e. The summed E-state index contributed by atoms with van der Waals surface area (Å²) in [7, 11) is 5.24. The summed E-state index contributed by atoms with van der Waals surface area (Å²) in [5.74, 6) is 2.88. The lowest BCUT2D eigenvalue weighted by molar-refractivity contribution is 0.380. The van der Waals surface area contributed by atoms with Gasteiger partial charge in [-0.2, -0.15) is 0 Å². The second-order valence-electron chi connectivity index (χ2n) is 5.11. The number of rotatable bonds is 4. The van der Waals surface area contributed by atoms with Crippen LogP contribution in [0.5, 0.6) is 11.5 Å². The van der Waals surface area contributed by atoms with Crippen molar-refractivity contribution < 1.29 is 9.47 Å². The molecule has 0 spiro atoms. The molecule has 0 N–H and O–H groups in total. The molecule has 21 heavy (non-hydrogen) atoms. The molecular weight excluding hydrogens is 270 g/mol. The van der Waals surface area contributed by atoms with Crippen molar-refractivity contribution in [3.05, 3.63) is 23.8 Å². The minimum absolute atomic E-state index is 0.341. The van der Waals surface area contributed by atoms with Gasteiger partial charge in [0.25, 0.3) is 0 Å². The number of ether oxygens (including phenoxy) is 2. The van der Waals surface area contributed by atoms with Crippen LogP contribution in [0.1, 0.15) is 17.9 Å². The Morgan fingerprint density at radius 2 is 1.90 bits per heavy atom. The molecule has 112 valence electrons. The van der Waals surface area contributed by atoms with Crippen LogP contribution in [-0.2, 0) is 7.05 Å². The second kappa shape index (κ2) is 5.59. The molecule has 0 amide bonds. The molecule has 0 aliphatic carbocycles. The van der Waals surface area contributed by atoms with E-state index < -0.39 is 0 Å². The van der Waals surface area contributed by atoms with E-state index in [4.69, 9.17) is 9.47 Å². The van der Waals surface area contributed by atoms with E-state index in [2.05, 4.69) is 20.4 Å². The van der Waals surface area contributed by atoms with E-state index in [9.17, 15) is 0 Å². The average Bonchev–Trinajstić information content (AvgIpc) is 3.14. The lowest BCUT2D eigenvalue weighted by Crippen LogP contribution is -2.23. The molecule has 0 saturated carbocycles. The average molecular weight is 289 g/mol. The zero-order chi connectivity index (χ0) is 14.8. The Morgan fingerprint density at radius 3 is 2.48 bits per heavy atom. The highest BCUT2D eigenvalue weighted by Crippen LogP contribution is 2.40. The van der Waals surface area contributed by atoms with Crippen molar-refractivity contribution in [2.24, 2.45) is 7.05 Å². The Labute approximate surface area is 123 Å². The van der Waals surface area contributed by atoms with Gasteiger partial charge in [0, 0.05) is 31.6 Å². The molecule has 0 bridgehead atoms. The SMILES string of the molecule is COc1cccc(OC)c1C1CCN(c2nnnn2C)C1. The van der Waals surface area contributed by atoms with Crippen LogP contribution < -0.4 is 14.4 Å². The number of benzene rings is 1. The van der Waals surface area contributed by atoms with Crippen molar-refractivity contribution in [3.8, 4) is 11.5 Å². The third kappa shape index (κ3) is 2.39. The summed E-state index contributed by atoms with van der Waals surface area (Å²) in [5, 5.41) is 11.7. The molecular formula is C14H19N5O2. The molecule has 1 aromatic carbocycles. The highest BCUT2D eigenvalue weighted by molar-refractivity contribution is 5.49. The van der Waals surface area contributed by atoms with Crippen LogP contribution in [0.3, 0.4) is 0 Å². The van der Waals surface area contributed by atoms with E-state index in [1.165, 1.54) is 0 Å². The Kier molecular flexibility index (Phi) is 3.64. The van der Waals surface area contributed by atoms with Crippen molar-refractivity contribution in [2.45, 2.75) is 12.3 Å². The Morgan fingerprint density at radius 1 is 1.19 bits per heavy atom. The molecule has 2 heterocycles. The van der Waals surface area contributed by atoms with E-state index in [0.29, 0.717) is 5.92 Å². The molecule has 3 rings (SSSR count). The molecule has 1 unspecified atom stereocenters. The topological polar surface area (TPSA) is 65.3 Å². The minimum atomic E-state index is 0.341. The number of aryl methyl sites for hydroxylation is 1. The van der Waals surface area contributed by atoms with Gasteiger partial charge >= 0.3 is 0 Å². The van der Waals surface area contributed by atoms with E-state index in [1.54, 1.807) is 18.9 Å². The molecule has 1 saturated heterocycles. The second-order valence-corrected chi connectivity index (χ2v) is 5.11. The van der Waals surface area contributed by atoms with Gasteiger partial charge < -0.3 is 14.4 Å². The predicted octanol–water partition coefficient (Wildman–Crippen LogP) is 1.22. The van der Waals surface area contributed by atoms with Crippen LogP contribution in [0.2, 0.25) is 0 Å². The molecule has 7 nitrogen and oxygen atoms in total. The summed E-state index contributed by atoms with van der Waals surface area (Å²) in [4.78, 5) is 2.19. The summed E-state index contributed by atoms with van der Waals surface area (Å²) in [6, 6.07) is 5.90. The number of hydrogen-bond donors (Lipinski definition) is 0. The van der Waals surface area contributed by atoms with E-state index >= 15 is 0 Å². The number of nitrogens with zero attached hydrogens (tertiary/aromatic N) is 5. The summed E-state index contributed by atoms with van der Waals surface area (Å²) >= 11 is 0. The first-order chi connectivity index (χ1) is 10.2. The van der Waals surface area contributed by atoms with E-state index in [1.807, 2.05) is 25.2 Å². The Bertz CT molecular complexity index is 605. The van der Waals surface area contributed by atoms with Crippen LogP contribution in [-0.4, -0.2) is 47.5 Å². The molecule has 1 aliphatic heterocycles. The summed E-state index contributed by atoms with van der Waals surface area (Å²) in [6.45, 7) is 1.77. The van der Waals surface area contributed by atoms with Gasteiger partial charge in [-0.3, -0.25) is 0 Å². The first-order valence-electron chi connectivity index (χ1n) is 6.92. The highest BCUT2D eigenvalue weighted by atomic mass is 16.5. The third-order valence-electron chi connectivity index (χ3n) is 3.94. The standard InChI is InChI=1S/C14H19N5O2/c1-18-14(15-16-17-18)19-8-7-10(9-19)13-11(20-2)5-4-6-12(13)21-3/h4-6,10H,7-9H2,1-3H3. The summed E-state index contributed by atoms with van der Waals surface area (Å²) in [5.41, 5.74) is 1.13. The highest BCUT2D eigenvalue weighted by Gasteiger charge is 2.30. The van der Waals surface area contributed by atoms with Crippen molar-refractivity contribution in [1.29, 1.82) is 0 Å². The fourth-order valence-corrected chi connectivity index (χ4v) is 2.95. The third-order valence-corrected chi connectivity index (χ3v) is 3.94. The van der Waals surface area contributed by atoms with E-state index in [-0.39, 0.29) is 0 Å². The Hall–Kier alpha value is -2.31. The van der Waals surface area contributed by atoms with Crippen molar-refractivity contribution in [3.63, 3.8) is 0 Å². The lowest BCUT2D eigenvalue weighted by atomic mass is 9.96. The zero-order valence-corrected chi connectivity index (χ0v) is 12.5. The first kappa shape index (κ1) is 13.7. The van der Waals surface area contributed by atoms with Crippen LogP contribution in [0.4, 0.5) is 5.95 Å². The fraction of sp³-hybridized carbons (Fsp3) is 0.500. The summed E-state index contributed by atoms with van der Waals surface area (Å²) in [6.07, 6.45) is 1.02. The van der Waals surface area contributed by atoms with Gasteiger partial charge in [0.05, 0.1) is 14.2 Å². The molecule has 1 atom stereocenters. The van der Waals surface area contributed by atoms with Gasteiger partial charge in [-0.25, -0.2) is 4.68 Å². The normalized spacial score (nSPS) is 18.0. The quantitative estimate of drug-likeness (QED) is 0.843. The maximum absolute atomic E-state index is 5.51. The monoisotopic (exact) mass is 289 g/mol.